The van der Waals surface area contributed by atoms with Crippen LogP contribution in [0.25, 0.3) is 0 Å². The number of epoxide rings is 1. The Hall–Kier alpha value is -0.0800. The first-order valence-electron chi connectivity index (χ1n) is 1.91. The molecule has 0 aromatic carbocycles. The van der Waals surface area contributed by atoms with E-state index in [0.717, 1.165) is 6.10 Å². The van der Waals surface area contributed by atoms with Gasteiger partial charge in [-0.15, -0.1) is 6.92 Å². The molecule has 1 rings (SSSR count). The lowest BCUT2D eigenvalue weighted by atomic mass is 10.5. The second-order valence-corrected chi connectivity index (χ2v) is 1.36. The van der Waals surface area contributed by atoms with E-state index in [4.69, 9.17) is 4.74 Å². The smallest absolute Gasteiger partial charge is 0.187 e. The predicted molar refractivity (Wildman–Crippen MR) is 21.9 cm³/mol. The van der Waals surface area contributed by atoms with Crippen molar-refractivity contribution in [1.82, 2.24) is 0 Å². The van der Waals surface area contributed by atoms with Crippen molar-refractivity contribution in [2.45, 2.75) is 13.2 Å². The van der Waals surface area contributed by atoms with Crippen LogP contribution in [0.2, 0.25) is 0 Å². The molecule has 36 valence electrons. The third-order valence-electron chi connectivity index (χ3n) is 0.834. The Labute approximate surface area is 37.1 Å². The Morgan fingerprint density at radius 1 is 1.83 bits per heavy atom. The summed E-state index contributed by atoms with van der Waals surface area (Å²) in [5.74, 6) is 0. The summed E-state index contributed by atoms with van der Waals surface area (Å²) in [6.07, 6.45) is 1.25. The zero-order valence-electron chi connectivity index (χ0n) is 3.93. The number of rotatable bonds is 1. The van der Waals surface area contributed by atoms with Gasteiger partial charge >= 0.3 is 0 Å². The molecule has 1 aliphatic rings. The number of methoxy groups -OCH3 is 1. The molecule has 0 aromatic rings. The molecule has 1 saturated heterocycles. The molecular formula is C4H8O2. The highest BCUT2D eigenvalue weighted by atomic mass is 16.8. The van der Waals surface area contributed by atoms with Crippen molar-refractivity contribution in [2.24, 2.45) is 0 Å². The lowest BCUT2D eigenvalue weighted by Gasteiger charge is -1.80. The monoisotopic (exact) mass is 88.1 g/mol. The normalized spacial score (nSPS) is 34.0. The van der Waals surface area contributed by atoms with Gasteiger partial charge in [-0.05, 0) is 0 Å². The maximum atomic E-state index is 4.77. The van der Waals surface area contributed by atoms with E-state index in [1.54, 1.807) is 7.11 Å². The van der Waals surface area contributed by atoms with Crippen LogP contribution >= 0.6 is 0 Å². The molecule has 1 aliphatic heterocycles. The lowest BCUT2D eigenvalue weighted by molar-refractivity contribution is 0.0204. The summed E-state index contributed by atoms with van der Waals surface area (Å²) >= 11 is 0. The van der Waals surface area contributed by atoms with E-state index in [9.17, 15) is 0 Å². The van der Waals surface area contributed by atoms with E-state index < -0.39 is 0 Å². The van der Waals surface area contributed by atoms with Gasteiger partial charge in [-0.1, -0.05) is 0 Å². The molecule has 0 amide bonds. The van der Waals surface area contributed by atoms with Crippen LogP contribution in [-0.4, -0.2) is 18.1 Å². The Morgan fingerprint density at radius 2 is 2.33 bits per heavy atom. The van der Waals surface area contributed by atoms with Crippen molar-refractivity contribution in [2.75, 3.05) is 7.11 Å². The molecule has 1 N–H and O–H groups in total. The third-order valence-corrected chi connectivity index (χ3v) is 0.834. The SMILES string of the molecule is COC1[OH+][C-]1C. The highest BCUT2D eigenvalue weighted by Crippen LogP contribution is 2.24. The van der Waals surface area contributed by atoms with Crippen LogP contribution in [-0.2, 0) is 4.74 Å². The van der Waals surface area contributed by atoms with Gasteiger partial charge in [-0.3, -0.25) is 0 Å². The third kappa shape index (κ3) is 0.533. The first-order valence-corrected chi connectivity index (χ1v) is 1.91. The molecule has 1 fully saturated rings. The van der Waals surface area contributed by atoms with E-state index in [1.165, 1.54) is 0 Å². The molecule has 0 saturated carbocycles. The highest BCUT2D eigenvalue weighted by molar-refractivity contribution is 4.88. The second kappa shape index (κ2) is 1.21. The van der Waals surface area contributed by atoms with Crippen LogP contribution in [0.3, 0.4) is 0 Å². The summed E-state index contributed by atoms with van der Waals surface area (Å²) < 4.78 is 8.64. The van der Waals surface area contributed by atoms with Crippen molar-refractivity contribution < 1.29 is 9.47 Å². The van der Waals surface area contributed by atoms with Gasteiger partial charge in [0.25, 0.3) is 0 Å². The van der Waals surface area contributed by atoms with Gasteiger partial charge in [-0.2, -0.15) is 0 Å². The van der Waals surface area contributed by atoms with Crippen molar-refractivity contribution in [1.29, 1.82) is 0 Å². The Balaban J connectivity index is 2.09. The van der Waals surface area contributed by atoms with Crippen LogP contribution in [0.5, 0.6) is 0 Å². The average Bonchev–Trinajstić information content (AvgIpc) is 2.19. The van der Waals surface area contributed by atoms with Crippen molar-refractivity contribution in [3.05, 3.63) is 6.10 Å². The van der Waals surface area contributed by atoms with Crippen molar-refractivity contribution in [3.8, 4) is 0 Å². The number of ether oxygens (including phenoxy) is 2. The number of hydrogen-bond acceptors (Lipinski definition) is 1. The standard InChI is InChI=1S/C4H8O2/c1-3-4(5-2)6-3/h4,6H,1-2H3. The Kier molecular flexibility index (Phi) is 0.821. The topological polar surface area (TPSA) is 22.0 Å². The van der Waals surface area contributed by atoms with Crippen LogP contribution < -0.4 is 0 Å². The minimum absolute atomic E-state index is 0.144. The lowest BCUT2D eigenvalue weighted by Crippen LogP contribution is -1.85. The molecule has 0 aliphatic carbocycles. The van der Waals surface area contributed by atoms with E-state index in [-0.39, 0.29) is 6.29 Å². The summed E-state index contributed by atoms with van der Waals surface area (Å²) in [5, 5.41) is 0. The molecule has 0 aromatic heterocycles. The van der Waals surface area contributed by atoms with Crippen molar-refractivity contribution >= 4 is 0 Å². The molecule has 0 bridgehead atoms. The zero-order chi connectivity index (χ0) is 4.57. The van der Waals surface area contributed by atoms with Crippen LogP contribution in [0.1, 0.15) is 6.92 Å². The molecule has 0 spiro atoms. The summed E-state index contributed by atoms with van der Waals surface area (Å²) in [5.41, 5.74) is 0. The fourth-order valence-electron chi connectivity index (χ4n) is 0.371. The summed E-state index contributed by atoms with van der Waals surface area (Å²) in [6, 6.07) is 0. The maximum Gasteiger partial charge on any atom is 0.187 e. The van der Waals surface area contributed by atoms with Gasteiger partial charge in [0.15, 0.2) is 6.29 Å². The fraction of sp³-hybridized carbons (Fsp3) is 0.750. The quantitative estimate of drug-likeness (QED) is 0.252. The average molecular weight is 88.1 g/mol. The van der Waals surface area contributed by atoms with Gasteiger partial charge in [-0.25, -0.2) is 0 Å². The first kappa shape index (κ1) is 4.09. The second-order valence-electron chi connectivity index (χ2n) is 1.36. The molecule has 0 radical (unpaired) electrons. The zero-order valence-corrected chi connectivity index (χ0v) is 3.93. The molecule has 6 heavy (non-hydrogen) atoms. The number of aliphatic hydroxyl groups is 2. The van der Waals surface area contributed by atoms with Gasteiger partial charge in [0.2, 0.25) is 0 Å². The summed E-state index contributed by atoms with van der Waals surface area (Å²) in [4.78, 5) is 0. The van der Waals surface area contributed by atoms with Gasteiger partial charge in [0, 0.05) is 7.11 Å². The predicted octanol–water partition coefficient (Wildman–Crippen LogP) is 0.0524. The number of hydrogen-bond donors (Lipinski definition) is 0. The molecule has 2 heteroatoms. The van der Waals surface area contributed by atoms with E-state index in [2.05, 4.69) is 4.74 Å². The fourth-order valence-corrected chi connectivity index (χ4v) is 0.371. The van der Waals surface area contributed by atoms with Crippen molar-refractivity contribution in [3.63, 3.8) is 0 Å². The molecule has 1 unspecified atom stereocenters. The Morgan fingerprint density at radius 3 is 2.33 bits per heavy atom. The summed E-state index contributed by atoms with van der Waals surface area (Å²) in [6.45, 7) is 1.95. The first-order chi connectivity index (χ1) is 2.84. The largest absolute Gasteiger partial charge is 0.566 e. The van der Waals surface area contributed by atoms with Gasteiger partial charge < -0.3 is 9.47 Å². The molecule has 2 nitrogen and oxygen atoms in total. The van der Waals surface area contributed by atoms with Crippen LogP contribution in [0.4, 0.5) is 0 Å². The molecular weight excluding hydrogens is 80.0 g/mol. The van der Waals surface area contributed by atoms with E-state index in [1.807, 2.05) is 6.92 Å². The van der Waals surface area contributed by atoms with Gasteiger partial charge in [0.1, 0.15) is 0 Å². The maximum absolute atomic E-state index is 4.77. The van der Waals surface area contributed by atoms with Crippen LogP contribution in [0.15, 0.2) is 0 Å². The van der Waals surface area contributed by atoms with Gasteiger partial charge in [0.05, 0.1) is 6.10 Å². The minimum atomic E-state index is 0.144. The summed E-state index contributed by atoms with van der Waals surface area (Å²) in [7, 11) is 1.66. The van der Waals surface area contributed by atoms with E-state index in [0.29, 0.717) is 0 Å². The van der Waals surface area contributed by atoms with E-state index >= 15 is 0 Å². The Bertz CT molecular complexity index is 51.5. The molecule has 1 heterocycles. The minimum Gasteiger partial charge on any atom is -0.566 e. The highest BCUT2D eigenvalue weighted by Gasteiger charge is 2.27. The molecule has 1 atom stereocenters. The van der Waals surface area contributed by atoms with Crippen LogP contribution in [0, 0.1) is 6.10 Å².